The monoisotopic (exact) mass is 91.1 g/mol. The Morgan fingerprint density at radius 1 is 1.17 bits per heavy atom. The van der Waals surface area contributed by atoms with Gasteiger partial charge in [-0.1, -0.05) is 20.8 Å². The Bertz CT molecular complexity index is 23.0. The molecule has 2 heteroatoms. The molecule has 0 heterocycles. The number of hydrogen-bond donors (Lipinski definition) is 0. The molecule has 3 radical (unpaired) electrons. The Labute approximate surface area is 63.4 Å². The first kappa shape index (κ1) is 10.1. The molecule has 29 valence electrons. The van der Waals surface area contributed by atoms with E-state index in [4.69, 9.17) is 7.85 Å². The van der Waals surface area contributed by atoms with E-state index in [-0.39, 0.29) is 34.9 Å². The van der Waals surface area contributed by atoms with Crippen LogP contribution in [-0.2, 0) is 0 Å². The van der Waals surface area contributed by atoms with Gasteiger partial charge in [0.15, 0.2) is 0 Å². The zero-order chi connectivity index (χ0) is 4.50. The van der Waals surface area contributed by atoms with Crippen molar-refractivity contribution >= 4 is 7.85 Å². The maximum Gasteiger partial charge on any atom is 1.00 e. The fourth-order valence-corrected chi connectivity index (χ4v) is 0. The summed E-state index contributed by atoms with van der Waals surface area (Å²) in [5.74, 6) is 0. The summed E-state index contributed by atoms with van der Waals surface area (Å²) in [5.41, 5.74) is 0. The summed E-state index contributed by atoms with van der Waals surface area (Å²) in [5, 5.41) is 0. The average Bonchev–Trinajstić information content (AvgIpc) is 0.722. The Morgan fingerprint density at radius 2 is 1.17 bits per heavy atom. The van der Waals surface area contributed by atoms with E-state index >= 15 is 0 Å². The van der Waals surface area contributed by atoms with Crippen molar-refractivity contribution in [3.63, 3.8) is 0 Å². The van der Waals surface area contributed by atoms with Crippen molar-refractivity contribution in [2.45, 2.75) is 26.1 Å². The van der Waals surface area contributed by atoms with Gasteiger partial charge in [0.05, 0.1) is 0 Å². The molecule has 0 aliphatic heterocycles. The van der Waals surface area contributed by atoms with Gasteiger partial charge in [-0.2, -0.15) is 0 Å². The molecule has 0 aliphatic rings. The quantitative estimate of drug-likeness (QED) is 0.314. The second-order valence-electron chi connectivity index (χ2n) is 2.37. The Morgan fingerprint density at radius 3 is 1.17 bits per heavy atom. The molecule has 0 aliphatic carbocycles. The third kappa shape index (κ3) is 73.8. The fourth-order valence-electron chi connectivity index (χ4n) is 0. The van der Waals surface area contributed by atoms with Gasteiger partial charge in [-0.25, -0.2) is 0 Å². The smallest absolute Gasteiger partial charge is 0.618 e. The minimum absolute atomic E-state index is 0. The van der Waals surface area contributed by atoms with Gasteiger partial charge in [0.25, 0.3) is 0 Å². The average molecular weight is 90.9 g/mol. The van der Waals surface area contributed by atoms with Gasteiger partial charge in [-0.05, 0) is 0 Å². The van der Waals surface area contributed by atoms with Crippen LogP contribution in [0.3, 0.4) is 0 Å². The summed E-state index contributed by atoms with van der Waals surface area (Å²) < 4.78 is 0. The molecule has 0 spiro atoms. The first-order valence-corrected chi connectivity index (χ1v) is 1.79. The van der Waals surface area contributed by atoms with Crippen LogP contribution in [0.4, 0.5) is 0 Å². The van der Waals surface area contributed by atoms with E-state index in [0.717, 1.165) is 0 Å². The van der Waals surface area contributed by atoms with Crippen molar-refractivity contribution in [3.05, 3.63) is 0 Å². The van der Waals surface area contributed by atoms with Crippen molar-refractivity contribution < 1.29 is 29.6 Å². The minimum Gasteiger partial charge on any atom is -0.618 e. The van der Waals surface area contributed by atoms with Crippen molar-refractivity contribution in [2.24, 2.45) is 0 Å². The topological polar surface area (TPSA) is 0 Å². The second kappa shape index (κ2) is 3.12. The molecule has 0 N–H and O–H groups in total. The Balaban J connectivity index is 0. The Hall–Kier alpha value is 1.06. The summed E-state index contributed by atoms with van der Waals surface area (Å²) in [7, 11) is 5.35. The van der Waals surface area contributed by atoms with E-state index in [1.54, 1.807) is 0 Å². The van der Waals surface area contributed by atoms with Gasteiger partial charge in [-0.3, -0.25) is 5.31 Å². The van der Waals surface area contributed by atoms with Gasteiger partial charge < -0.3 is 7.85 Å². The van der Waals surface area contributed by atoms with Crippen LogP contribution in [0.5, 0.6) is 0 Å². The molecule has 0 aromatic heterocycles. The zero-order valence-corrected chi connectivity index (χ0v) is 7.08. The summed E-state index contributed by atoms with van der Waals surface area (Å²) in [4.78, 5) is 0. The van der Waals surface area contributed by atoms with E-state index in [1.165, 1.54) is 0 Å². The molecule has 0 amide bonds. The standard InChI is InChI=1S/C4H9B.Na/c1-4(2,3)5;/h1-3H3;/q-1;+1. The van der Waals surface area contributed by atoms with Gasteiger partial charge in [-0.15, -0.1) is 0 Å². The van der Waals surface area contributed by atoms with Crippen molar-refractivity contribution in [1.29, 1.82) is 0 Å². The molecule has 0 saturated carbocycles. The van der Waals surface area contributed by atoms with Gasteiger partial charge in [0.1, 0.15) is 0 Å². The third-order valence-corrected chi connectivity index (χ3v) is 0. The van der Waals surface area contributed by atoms with E-state index in [9.17, 15) is 0 Å². The predicted octanol–water partition coefficient (Wildman–Crippen LogP) is -1.62. The molecule has 0 fully saturated rings. The molecule has 0 nitrogen and oxygen atoms in total. The van der Waals surface area contributed by atoms with Gasteiger partial charge in [0, 0.05) is 0 Å². The van der Waals surface area contributed by atoms with Crippen LogP contribution in [0.25, 0.3) is 0 Å². The SMILES string of the molecule is [B-]C(C)(C)C.[Na+]. The molecule has 0 rings (SSSR count). The molecular formula is C4H9BNa. The fraction of sp³-hybridized carbons (Fsp3) is 1.00. The summed E-state index contributed by atoms with van der Waals surface area (Å²) in [6.07, 6.45) is 0. The van der Waals surface area contributed by atoms with E-state index < -0.39 is 0 Å². The normalized spacial score (nSPS) is 10.0. The van der Waals surface area contributed by atoms with Crippen molar-refractivity contribution in [3.8, 4) is 0 Å². The number of hydrogen-bond acceptors (Lipinski definition) is 0. The summed E-state index contributed by atoms with van der Waals surface area (Å²) in [6.45, 7) is 5.90. The number of rotatable bonds is 0. The van der Waals surface area contributed by atoms with Gasteiger partial charge >= 0.3 is 29.6 Å². The van der Waals surface area contributed by atoms with Crippen LogP contribution in [-0.4, -0.2) is 7.85 Å². The molecule has 0 atom stereocenters. The van der Waals surface area contributed by atoms with E-state index in [2.05, 4.69) is 0 Å². The van der Waals surface area contributed by atoms with Crippen LogP contribution in [0.1, 0.15) is 20.8 Å². The van der Waals surface area contributed by atoms with Gasteiger partial charge in [0.2, 0.25) is 0 Å². The largest absolute Gasteiger partial charge is 1.00 e. The van der Waals surface area contributed by atoms with Crippen molar-refractivity contribution in [1.82, 2.24) is 0 Å². The zero-order valence-electron chi connectivity index (χ0n) is 5.08. The summed E-state index contributed by atoms with van der Waals surface area (Å²) in [6, 6.07) is 0. The van der Waals surface area contributed by atoms with Crippen LogP contribution >= 0.6 is 0 Å². The predicted molar refractivity (Wildman–Crippen MR) is 25.5 cm³/mol. The van der Waals surface area contributed by atoms with Crippen LogP contribution < -0.4 is 29.6 Å². The first-order valence-electron chi connectivity index (χ1n) is 1.79. The maximum absolute atomic E-state index is 5.35. The van der Waals surface area contributed by atoms with Crippen molar-refractivity contribution in [2.75, 3.05) is 0 Å². The van der Waals surface area contributed by atoms with Crippen LogP contribution in [0, 0.1) is 0 Å². The third-order valence-electron chi connectivity index (χ3n) is 0. The molecule has 6 heavy (non-hydrogen) atoms. The molecular weight excluding hydrogens is 81.8 g/mol. The molecule has 0 bridgehead atoms. The van der Waals surface area contributed by atoms with E-state index in [1.807, 2.05) is 20.8 Å². The summed E-state index contributed by atoms with van der Waals surface area (Å²) >= 11 is 0. The Kier molecular flexibility index (Phi) is 5.26. The first-order chi connectivity index (χ1) is 2.00. The van der Waals surface area contributed by atoms with Crippen LogP contribution in [0.2, 0.25) is 5.31 Å². The minimum atomic E-state index is 0. The maximum atomic E-state index is 5.35. The molecule has 0 aromatic carbocycles. The second-order valence-corrected chi connectivity index (χ2v) is 2.37. The molecule has 0 aromatic rings. The molecule has 0 saturated heterocycles. The van der Waals surface area contributed by atoms with E-state index in [0.29, 0.717) is 0 Å². The van der Waals surface area contributed by atoms with Crippen LogP contribution in [0.15, 0.2) is 0 Å². The molecule has 0 unspecified atom stereocenters.